The van der Waals surface area contributed by atoms with Gasteiger partial charge in [-0.05, 0) is 98.8 Å². The van der Waals surface area contributed by atoms with Crippen molar-refractivity contribution < 1.29 is 23.7 Å². The number of hydrogen-bond acceptors (Lipinski definition) is 6. The summed E-state index contributed by atoms with van der Waals surface area (Å²) in [6.07, 6.45) is 6.33. The van der Waals surface area contributed by atoms with E-state index in [1.165, 1.54) is 32.4 Å². The zero-order valence-electron chi connectivity index (χ0n) is 23.3. The number of nitrogens with zero attached hydrogens (tertiary/aromatic N) is 1. The van der Waals surface area contributed by atoms with Gasteiger partial charge >= 0.3 is 0 Å². The average Bonchev–Trinajstić information content (AvgIpc) is 2.99. The maximum atomic E-state index is 13.9. The van der Waals surface area contributed by atoms with Gasteiger partial charge in [-0.3, -0.25) is 9.69 Å². The topological polar surface area (TPSA) is 57.2 Å². The van der Waals surface area contributed by atoms with Crippen molar-refractivity contribution in [3.63, 3.8) is 0 Å². The number of piperidine rings is 1. The van der Waals surface area contributed by atoms with Crippen LogP contribution in [0.5, 0.6) is 17.2 Å². The number of likely N-dealkylation sites (tertiary alicyclic amines) is 1. The van der Waals surface area contributed by atoms with Gasteiger partial charge in [-0.2, -0.15) is 0 Å². The van der Waals surface area contributed by atoms with Crippen molar-refractivity contribution in [3.8, 4) is 17.2 Å². The lowest BCUT2D eigenvalue weighted by atomic mass is 9.81. The third-order valence-electron chi connectivity index (χ3n) is 8.22. The molecule has 6 rings (SSSR count). The normalized spacial score (nSPS) is 23.2. The summed E-state index contributed by atoms with van der Waals surface area (Å²) in [5.41, 5.74) is 3.54. The standard InChI is InChI=1S/C34H39NO5/c1-24-8-17-29-30(23-24)40-34(26-11-13-27(14-12-26)37-22-20-35-18-4-2-5-19-35)32(33(29)36)25-9-15-28(16-10-25)39-31-7-3-6-21-38-31/h8-17,23,31-32,34H,2-7,18-22H2,1H3. The smallest absolute Gasteiger partial charge is 0.199 e. The number of ether oxygens (including phenoxy) is 4. The maximum Gasteiger partial charge on any atom is 0.199 e. The summed E-state index contributed by atoms with van der Waals surface area (Å²) in [6, 6.07) is 21.7. The summed E-state index contributed by atoms with van der Waals surface area (Å²) in [7, 11) is 0. The average molecular weight is 542 g/mol. The van der Waals surface area contributed by atoms with Gasteiger partial charge in [-0.25, -0.2) is 0 Å². The van der Waals surface area contributed by atoms with Crippen LogP contribution in [0.25, 0.3) is 0 Å². The van der Waals surface area contributed by atoms with E-state index in [1.807, 2.05) is 73.7 Å². The molecule has 0 amide bonds. The molecule has 3 aromatic rings. The van der Waals surface area contributed by atoms with E-state index < -0.39 is 12.0 Å². The Kier molecular flexibility index (Phi) is 8.35. The Morgan fingerprint density at radius 3 is 2.35 bits per heavy atom. The molecular weight excluding hydrogens is 502 g/mol. The highest BCUT2D eigenvalue weighted by Crippen LogP contribution is 2.44. The van der Waals surface area contributed by atoms with Crippen molar-refractivity contribution in [1.82, 2.24) is 4.90 Å². The molecule has 3 aliphatic heterocycles. The molecule has 3 atom stereocenters. The van der Waals surface area contributed by atoms with Gasteiger partial charge in [0.05, 0.1) is 18.1 Å². The number of ketones is 1. The van der Waals surface area contributed by atoms with E-state index in [1.54, 1.807) is 0 Å². The number of carbonyl (C=O) groups is 1. The molecule has 0 radical (unpaired) electrons. The first-order chi connectivity index (χ1) is 19.6. The number of fused-ring (bicyclic) bond motifs is 1. The third-order valence-corrected chi connectivity index (χ3v) is 8.22. The minimum Gasteiger partial charge on any atom is -0.492 e. The quantitative estimate of drug-likeness (QED) is 0.310. The molecular formula is C34H39NO5. The molecule has 0 spiro atoms. The van der Waals surface area contributed by atoms with Crippen molar-refractivity contribution in [2.24, 2.45) is 0 Å². The lowest BCUT2D eigenvalue weighted by molar-refractivity contribution is -0.105. The van der Waals surface area contributed by atoms with Gasteiger partial charge in [-0.1, -0.05) is 36.8 Å². The highest BCUT2D eigenvalue weighted by Gasteiger charge is 2.39. The second-order valence-electron chi connectivity index (χ2n) is 11.2. The van der Waals surface area contributed by atoms with Crippen LogP contribution in [0, 0.1) is 6.92 Å². The summed E-state index contributed by atoms with van der Waals surface area (Å²) in [5.74, 6) is 1.82. The molecule has 210 valence electrons. The molecule has 6 heteroatoms. The Hall–Kier alpha value is -3.35. The predicted molar refractivity (Wildman–Crippen MR) is 155 cm³/mol. The largest absolute Gasteiger partial charge is 0.492 e. The highest BCUT2D eigenvalue weighted by molar-refractivity contribution is 6.04. The van der Waals surface area contributed by atoms with E-state index in [9.17, 15) is 4.79 Å². The fraction of sp³-hybridized carbons (Fsp3) is 0.441. The maximum absolute atomic E-state index is 13.9. The van der Waals surface area contributed by atoms with Crippen LogP contribution in [0.1, 0.15) is 77.6 Å². The van der Waals surface area contributed by atoms with Crippen LogP contribution < -0.4 is 14.2 Å². The fourth-order valence-electron chi connectivity index (χ4n) is 5.97. The van der Waals surface area contributed by atoms with Crippen molar-refractivity contribution in [1.29, 1.82) is 0 Å². The molecule has 0 aliphatic carbocycles. The van der Waals surface area contributed by atoms with Gasteiger partial charge in [0.25, 0.3) is 0 Å². The Morgan fingerprint density at radius 1 is 0.850 bits per heavy atom. The van der Waals surface area contributed by atoms with E-state index >= 15 is 0 Å². The molecule has 2 saturated heterocycles. The Bertz CT molecular complexity index is 1280. The van der Waals surface area contributed by atoms with Crippen LogP contribution in [-0.4, -0.2) is 49.8 Å². The number of carbonyl (C=O) groups excluding carboxylic acids is 1. The lowest BCUT2D eigenvalue weighted by Gasteiger charge is -2.33. The van der Waals surface area contributed by atoms with E-state index in [2.05, 4.69) is 4.90 Å². The van der Waals surface area contributed by atoms with Crippen molar-refractivity contribution >= 4 is 5.78 Å². The molecule has 3 aromatic carbocycles. The second kappa shape index (κ2) is 12.4. The Morgan fingerprint density at radius 2 is 1.60 bits per heavy atom. The van der Waals surface area contributed by atoms with E-state index in [0.29, 0.717) is 17.9 Å². The number of rotatable bonds is 8. The van der Waals surface area contributed by atoms with Crippen LogP contribution in [0.15, 0.2) is 66.7 Å². The van der Waals surface area contributed by atoms with Crippen LogP contribution in [-0.2, 0) is 4.74 Å². The van der Waals surface area contributed by atoms with E-state index in [0.717, 1.165) is 60.6 Å². The molecule has 0 saturated carbocycles. The first-order valence-electron chi connectivity index (χ1n) is 14.8. The number of Topliss-reactive ketones (excluding diaryl/α,β-unsaturated/α-hetero) is 1. The minimum absolute atomic E-state index is 0.0670. The third kappa shape index (κ3) is 6.18. The molecule has 40 heavy (non-hydrogen) atoms. The highest BCUT2D eigenvalue weighted by atomic mass is 16.7. The van der Waals surface area contributed by atoms with Gasteiger partial charge in [-0.15, -0.1) is 0 Å². The molecule has 0 N–H and O–H groups in total. The zero-order valence-corrected chi connectivity index (χ0v) is 23.3. The number of benzene rings is 3. The van der Waals surface area contributed by atoms with Gasteiger partial charge in [0.2, 0.25) is 0 Å². The van der Waals surface area contributed by atoms with Crippen LogP contribution in [0.4, 0.5) is 0 Å². The summed E-state index contributed by atoms with van der Waals surface area (Å²) < 4.78 is 24.4. The molecule has 3 unspecified atom stereocenters. The molecule has 0 aromatic heterocycles. The van der Waals surface area contributed by atoms with Gasteiger partial charge in [0.1, 0.15) is 30.0 Å². The summed E-state index contributed by atoms with van der Waals surface area (Å²) in [5, 5.41) is 0. The van der Waals surface area contributed by atoms with Crippen molar-refractivity contribution in [2.75, 3.05) is 32.8 Å². The molecule has 3 aliphatic rings. The predicted octanol–water partition coefficient (Wildman–Crippen LogP) is 6.87. The van der Waals surface area contributed by atoms with Gasteiger partial charge < -0.3 is 18.9 Å². The molecule has 6 nitrogen and oxygen atoms in total. The summed E-state index contributed by atoms with van der Waals surface area (Å²) in [4.78, 5) is 16.4. The van der Waals surface area contributed by atoms with Crippen LogP contribution in [0.3, 0.4) is 0 Å². The summed E-state index contributed by atoms with van der Waals surface area (Å²) >= 11 is 0. The zero-order chi connectivity index (χ0) is 27.3. The van der Waals surface area contributed by atoms with Gasteiger partial charge in [0, 0.05) is 13.0 Å². The second-order valence-corrected chi connectivity index (χ2v) is 11.2. The number of hydrogen-bond donors (Lipinski definition) is 0. The first-order valence-corrected chi connectivity index (χ1v) is 14.8. The first kappa shape index (κ1) is 26.9. The van der Waals surface area contributed by atoms with Crippen LogP contribution >= 0.6 is 0 Å². The minimum atomic E-state index is -0.471. The molecule has 2 fully saturated rings. The van der Waals surface area contributed by atoms with Crippen molar-refractivity contribution in [2.45, 2.75) is 63.8 Å². The SMILES string of the molecule is Cc1ccc2c(c1)OC(c1ccc(OCCN3CCCCC3)cc1)C(c1ccc(OC3CCCCO3)cc1)C2=O. The van der Waals surface area contributed by atoms with Gasteiger partial charge in [0.15, 0.2) is 12.1 Å². The fourth-order valence-corrected chi connectivity index (χ4v) is 5.97. The molecule has 3 heterocycles. The van der Waals surface area contributed by atoms with E-state index in [-0.39, 0.29) is 12.1 Å². The Balaban J connectivity index is 1.20. The summed E-state index contributed by atoms with van der Waals surface area (Å²) in [6.45, 7) is 6.71. The Labute approximate surface area is 237 Å². The monoisotopic (exact) mass is 541 g/mol. The molecule has 0 bridgehead atoms. The van der Waals surface area contributed by atoms with E-state index in [4.69, 9.17) is 18.9 Å². The number of aryl methyl sites for hydroxylation is 1. The van der Waals surface area contributed by atoms with Crippen LogP contribution in [0.2, 0.25) is 0 Å². The lowest BCUT2D eigenvalue weighted by Crippen LogP contribution is -2.33. The van der Waals surface area contributed by atoms with Crippen molar-refractivity contribution in [3.05, 3.63) is 89.0 Å².